The number of benzene rings is 1. The summed E-state index contributed by atoms with van der Waals surface area (Å²) in [7, 11) is 1.33. The Labute approximate surface area is 137 Å². The fourth-order valence-electron chi connectivity index (χ4n) is 2.76. The number of rotatable bonds is 5. The number of imidazole rings is 1. The summed E-state index contributed by atoms with van der Waals surface area (Å²) >= 11 is 0. The standard InChI is InChI=1S/C16H17F2N3O3/c1-23-13-8-10(2-4-12(13)24-16(17)18)15(22)20-11-3-5-14-19-6-7-21(14)9-11/h2,4,6-8,11,16H,3,5,9H2,1H3,(H,20,22)/t11-/m1/s1. The van der Waals surface area contributed by atoms with Crippen molar-refractivity contribution >= 4 is 5.91 Å². The van der Waals surface area contributed by atoms with E-state index in [0.29, 0.717) is 12.1 Å². The van der Waals surface area contributed by atoms with Crippen molar-refractivity contribution in [3.8, 4) is 11.5 Å². The van der Waals surface area contributed by atoms with Gasteiger partial charge in [0.2, 0.25) is 0 Å². The minimum atomic E-state index is -2.95. The maximum Gasteiger partial charge on any atom is 0.387 e. The van der Waals surface area contributed by atoms with Gasteiger partial charge in [0.1, 0.15) is 5.82 Å². The summed E-state index contributed by atoms with van der Waals surface area (Å²) < 4.78 is 36.0. The number of nitrogens with one attached hydrogen (secondary N) is 1. The van der Waals surface area contributed by atoms with E-state index in [9.17, 15) is 13.6 Å². The van der Waals surface area contributed by atoms with Crippen LogP contribution in [0, 0.1) is 0 Å². The summed E-state index contributed by atoms with van der Waals surface area (Å²) in [6.07, 6.45) is 5.22. The zero-order valence-corrected chi connectivity index (χ0v) is 13.0. The van der Waals surface area contributed by atoms with Crippen LogP contribution in [0.25, 0.3) is 0 Å². The van der Waals surface area contributed by atoms with E-state index in [1.165, 1.54) is 25.3 Å². The van der Waals surface area contributed by atoms with Crippen LogP contribution in [0.5, 0.6) is 11.5 Å². The Balaban J connectivity index is 1.69. The van der Waals surface area contributed by atoms with Gasteiger partial charge in [-0.1, -0.05) is 0 Å². The molecule has 2 heterocycles. The number of hydrogen-bond acceptors (Lipinski definition) is 4. The number of fused-ring (bicyclic) bond motifs is 1. The van der Waals surface area contributed by atoms with Crippen LogP contribution in [-0.4, -0.2) is 35.2 Å². The van der Waals surface area contributed by atoms with Crippen molar-refractivity contribution in [2.45, 2.75) is 32.0 Å². The zero-order chi connectivity index (χ0) is 17.1. The topological polar surface area (TPSA) is 65.4 Å². The third-order valence-corrected chi connectivity index (χ3v) is 3.91. The first-order valence-corrected chi connectivity index (χ1v) is 7.50. The summed E-state index contributed by atoms with van der Waals surface area (Å²) in [5.74, 6) is 0.703. The fraction of sp³-hybridized carbons (Fsp3) is 0.375. The molecule has 1 N–H and O–H groups in total. The van der Waals surface area contributed by atoms with Gasteiger partial charge >= 0.3 is 6.61 Å². The first-order chi connectivity index (χ1) is 11.6. The quantitative estimate of drug-likeness (QED) is 0.909. The van der Waals surface area contributed by atoms with Crippen molar-refractivity contribution in [1.29, 1.82) is 0 Å². The maximum atomic E-state index is 12.4. The number of carbonyl (C=O) groups excluding carboxylic acids is 1. The second-order valence-corrected chi connectivity index (χ2v) is 5.45. The van der Waals surface area contributed by atoms with Crippen LogP contribution in [0.3, 0.4) is 0 Å². The van der Waals surface area contributed by atoms with E-state index < -0.39 is 6.61 Å². The van der Waals surface area contributed by atoms with Crippen molar-refractivity contribution in [3.05, 3.63) is 42.0 Å². The SMILES string of the molecule is COc1cc(C(=O)N[C@@H]2CCc3nccn3C2)ccc1OC(F)F. The van der Waals surface area contributed by atoms with Crippen LogP contribution < -0.4 is 14.8 Å². The molecule has 6 nitrogen and oxygen atoms in total. The molecule has 0 spiro atoms. The minimum Gasteiger partial charge on any atom is -0.493 e. The Hall–Kier alpha value is -2.64. The summed E-state index contributed by atoms with van der Waals surface area (Å²) in [5, 5.41) is 2.95. The number of halogens is 2. The van der Waals surface area contributed by atoms with Crippen LogP contribution in [0.1, 0.15) is 22.6 Å². The van der Waals surface area contributed by atoms with Crippen molar-refractivity contribution in [1.82, 2.24) is 14.9 Å². The summed E-state index contributed by atoms with van der Waals surface area (Å²) in [6, 6.07) is 4.11. The Kier molecular flexibility index (Phi) is 4.64. The van der Waals surface area contributed by atoms with Crippen molar-refractivity contribution < 1.29 is 23.0 Å². The Morgan fingerprint density at radius 3 is 3.00 bits per heavy atom. The summed E-state index contributed by atoms with van der Waals surface area (Å²) in [4.78, 5) is 16.6. The van der Waals surface area contributed by atoms with Gasteiger partial charge in [-0.25, -0.2) is 4.98 Å². The molecule has 2 aromatic rings. The van der Waals surface area contributed by atoms with Gasteiger partial charge < -0.3 is 19.4 Å². The second kappa shape index (κ2) is 6.86. The fourth-order valence-corrected chi connectivity index (χ4v) is 2.76. The van der Waals surface area contributed by atoms with Crippen molar-refractivity contribution in [2.75, 3.05) is 7.11 Å². The van der Waals surface area contributed by atoms with Gasteiger partial charge in [0.15, 0.2) is 11.5 Å². The van der Waals surface area contributed by atoms with Gasteiger partial charge in [-0.3, -0.25) is 4.79 Å². The van der Waals surface area contributed by atoms with Gasteiger partial charge in [-0.05, 0) is 24.6 Å². The van der Waals surface area contributed by atoms with Gasteiger partial charge in [0, 0.05) is 37.0 Å². The predicted molar refractivity (Wildman–Crippen MR) is 81.4 cm³/mol. The van der Waals surface area contributed by atoms with E-state index in [4.69, 9.17) is 4.74 Å². The molecule has 0 radical (unpaired) electrons. The smallest absolute Gasteiger partial charge is 0.387 e. The average Bonchev–Trinajstić information content (AvgIpc) is 3.02. The molecule has 1 aliphatic rings. The molecule has 1 aromatic heterocycles. The Morgan fingerprint density at radius 2 is 2.25 bits per heavy atom. The zero-order valence-electron chi connectivity index (χ0n) is 13.0. The molecule has 24 heavy (non-hydrogen) atoms. The number of nitrogens with zero attached hydrogens (tertiary/aromatic N) is 2. The molecule has 0 fully saturated rings. The summed E-state index contributed by atoms with van der Waals surface area (Å²) in [6.45, 7) is -2.30. The highest BCUT2D eigenvalue weighted by molar-refractivity contribution is 5.95. The van der Waals surface area contributed by atoms with E-state index in [1.807, 2.05) is 10.8 Å². The first kappa shape index (κ1) is 16.2. The number of ether oxygens (including phenoxy) is 2. The van der Waals surface area contributed by atoms with Crippen LogP contribution in [0.2, 0.25) is 0 Å². The molecule has 0 bridgehead atoms. The van der Waals surface area contributed by atoms with E-state index in [2.05, 4.69) is 15.0 Å². The highest BCUT2D eigenvalue weighted by Crippen LogP contribution is 2.29. The lowest BCUT2D eigenvalue weighted by Crippen LogP contribution is -2.40. The van der Waals surface area contributed by atoms with Gasteiger partial charge in [-0.2, -0.15) is 8.78 Å². The number of carbonyl (C=O) groups is 1. The molecule has 0 unspecified atom stereocenters. The molecule has 8 heteroatoms. The second-order valence-electron chi connectivity index (χ2n) is 5.45. The van der Waals surface area contributed by atoms with Crippen LogP contribution in [-0.2, 0) is 13.0 Å². The monoisotopic (exact) mass is 337 g/mol. The predicted octanol–water partition coefficient (Wildman–Crippen LogP) is 2.24. The minimum absolute atomic E-state index is 0.0119. The normalized spacial score (nSPS) is 16.6. The van der Waals surface area contributed by atoms with E-state index in [1.54, 1.807) is 6.20 Å². The van der Waals surface area contributed by atoms with Crippen LogP contribution in [0.15, 0.2) is 30.6 Å². The van der Waals surface area contributed by atoms with Gasteiger partial charge in [0.25, 0.3) is 5.91 Å². The van der Waals surface area contributed by atoms with Crippen molar-refractivity contribution in [3.63, 3.8) is 0 Å². The lowest BCUT2D eigenvalue weighted by atomic mass is 10.1. The first-order valence-electron chi connectivity index (χ1n) is 7.50. The third kappa shape index (κ3) is 3.47. The van der Waals surface area contributed by atoms with E-state index in [0.717, 1.165) is 18.7 Å². The molecule has 0 saturated heterocycles. The van der Waals surface area contributed by atoms with Crippen molar-refractivity contribution in [2.24, 2.45) is 0 Å². The van der Waals surface area contributed by atoms with Crippen LogP contribution >= 0.6 is 0 Å². The highest BCUT2D eigenvalue weighted by atomic mass is 19.3. The lowest BCUT2D eigenvalue weighted by molar-refractivity contribution is -0.0512. The molecule has 0 saturated carbocycles. The molecule has 1 aromatic carbocycles. The number of alkyl halides is 2. The molecule has 1 aliphatic heterocycles. The maximum absolute atomic E-state index is 12.4. The lowest BCUT2D eigenvalue weighted by Gasteiger charge is -2.24. The molecule has 3 rings (SSSR count). The third-order valence-electron chi connectivity index (χ3n) is 3.91. The van der Waals surface area contributed by atoms with E-state index >= 15 is 0 Å². The molecule has 128 valence electrons. The number of aryl methyl sites for hydroxylation is 1. The van der Waals surface area contributed by atoms with E-state index in [-0.39, 0.29) is 23.4 Å². The average molecular weight is 337 g/mol. The molecular weight excluding hydrogens is 320 g/mol. The number of hydrogen-bond donors (Lipinski definition) is 1. The Bertz CT molecular complexity index is 733. The Morgan fingerprint density at radius 1 is 1.42 bits per heavy atom. The summed E-state index contributed by atoms with van der Waals surface area (Å²) in [5.41, 5.74) is 0.324. The highest BCUT2D eigenvalue weighted by Gasteiger charge is 2.21. The molecule has 1 amide bonds. The van der Waals surface area contributed by atoms with Gasteiger partial charge in [0.05, 0.1) is 7.11 Å². The largest absolute Gasteiger partial charge is 0.493 e. The van der Waals surface area contributed by atoms with Gasteiger partial charge in [-0.15, -0.1) is 0 Å². The molecule has 1 atom stereocenters. The number of aromatic nitrogens is 2. The number of methoxy groups -OCH3 is 1. The molecular formula is C16H17F2N3O3. The van der Waals surface area contributed by atoms with Crippen LogP contribution in [0.4, 0.5) is 8.78 Å². The molecule has 0 aliphatic carbocycles. The number of amides is 1.